The number of benzene rings is 2. The highest BCUT2D eigenvalue weighted by Crippen LogP contribution is 2.32. The van der Waals surface area contributed by atoms with E-state index in [-0.39, 0.29) is 12.5 Å². The molecule has 0 fully saturated rings. The second kappa shape index (κ2) is 14.1. The molecular weight excluding hydrogens is 504 g/mol. The monoisotopic (exact) mass is 538 g/mol. The zero-order valence-electron chi connectivity index (χ0n) is 22.5. The van der Waals surface area contributed by atoms with Crippen LogP contribution in [0.4, 0.5) is 0 Å². The molecule has 0 radical (unpaired) electrons. The van der Waals surface area contributed by atoms with E-state index in [2.05, 4.69) is 20.2 Å². The number of aromatic nitrogens is 2. The zero-order valence-corrected chi connectivity index (χ0v) is 22.5. The summed E-state index contributed by atoms with van der Waals surface area (Å²) in [6, 6.07) is 22.9. The number of amides is 1. The van der Waals surface area contributed by atoms with E-state index in [0.717, 1.165) is 49.1 Å². The van der Waals surface area contributed by atoms with Gasteiger partial charge in [-0.25, -0.2) is 4.98 Å². The lowest BCUT2D eigenvalue weighted by Gasteiger charge is -2.23. The molecule has 0 spiro atoms. The molecule has 8 nitrogen and oxygen atoms in total. The summed E-state index contributed by atoms with van der Waals surface area (Å²) < 4.78 is 18.0. The van der Waals surface area contributed by atoms with Crippen molar-refractivity contribution < 1.29 is 19.0 Å². The summed E-state index contributed by atoms with van der Waals surface area (Å²) in [5, 5.41) is 3.06. The van der Waals surface area contributed by atoms with Gasteiger partial charge in [0.05, 0.1) is 19.3 Å². The average Bonchev–Trinajstić information content (AvgIpc) is 2.98. The Morgan fingerprint density at radius 2 is 1.70 bits per heavy atom. The highest BCUT2D eigenvalue weighted by Gasteiger charge is 2.17. The third-order valence-corrected chi connectivity index (χ3v) is 6.58. The SMILES string of the molecule is O=C(CN1CCCCCCOc2ccccc2Oc2ncccc2C1)NCc1ccc(Oc2cccnc2)cc1. The maximum atomic E-state index is 13.0. The van der Waals surface area contributed by atoms with Gasteiger partial charge in [0.15, 0.2) is 11.5 Å². The number of nitrogens with zero attached hydrogens (tertiary/aromatic N) is 3. The molecule has 1 aliphatic rings. The number of fused-ring (bicyclic) bond motifs is 2. The summed E-state index contributed by atoms with van der Waals surface area (Å²) in [5.41, 5.74) is 1.92. The first-order valence-electron chi connectivity index (χ1n) is 13.7. The normalized spacial score (nSPS) is 14.4. The van der Waals surface area contributed by atoms with E-state index in [9.17, 15) is 4.79 Å². The molecule has 40 heavy (non-hydrogen) atoms. The zero-order chi connectivity index (χ0) is 27.4. The van der Waals surface area contributed by atoms with Crippen molar-refractivity contribution in [2.75, 3.05) is 19.7 Å². The van der Waals surface area contributed by atoms with Crippen molar-refractivity contribution in [1.29, 1.82) is 0 Å². The predicted octanol–water partition coefficient (Wildman–Crippen LogP) is 6.13. The van der Waals surface area contributed by atoms with Gasteiger partial charge >= 0.3 is 0 Å². The maximum Gasteiger partial charge on any atom is 0.234 e. The minimum Gasteiger partial charge on any atom is -0.490 e. The molecule has 5 rings (SSSR count). The molecule has 3 heterocycles. The second-order valence-corrected chi connectivity index (χ2v) is 9.70. The van der Waals surface area contributed by atoms with Crippen LogP contribution in [0.2, 0.25) is 0 Å². The molecule has 1 amide bonds. The molecule has 0 bridgehead atoms. The topological polar surface area (TPSA) is 85.8 Å². The summed E-state index contributed by atoms with van der Waals surface area (Å²) >= 11 is 0. The van der Waals surface area contributed by atoms with Crippen molar-refractivity contribution >= 4 is 5.91 Å². The fourth-order valence-electron chi connectivity index (χ4n) is 4.50. The number of para-hydroxylation sites is 2. The van der Waals surface area contributed by atoms with Gasteiger partial charge in [0.25, 0.3) is 0 Å². The van der Waals surface area contributed by atoms with E-state index in [0.29, 0.717) is 42.8 Å². The Labute approximate surface area is 234 Å². The fourth-order valence-corrected chi connectivity index (χ4v) is 4.50. The average molecular weight is 539 g/mol. The molecule has 0 saturated heterocycles. The van der Waals surface area contributed by atoms with Gasteiger partial charge in [-0.15, -0.1) is 0 Å². The fraction of sp³-hybridized carbons (Fsp3) is 0.281. The predicted molar refractivity (Wildman–Crippen MR) is 153 cm³/mol. The highest BCUT2D eigenvalue weighted by atomic mass is 16.5. The highest BCUT2D eigenvalue weighted by molar-refractivity contribution is 5.78. The summed E-state index contributed by atoms with van der Waals surface area (Å²) in [5.74, 6) is 3.25. The smallest absolute Gasteiger partial charge is 0.234 e. The number of hydrogen-bond donors (Lipinski definition) is 1. The number of rotatable bonds is 6. The largest absolute Gasteiger partial charge is 0.490 e. The molecule has 0 atom stereocenters. The molecule has 206 valence electrons. The molecular formula is C32H34N4O4. The Morgan fingerprint density at radius 1 is 0.875 bits per heavy atom. The van der Waals surface area contributed by atoms with E-state index in [1.54, 1.807) is 18.6 Å². The van der Waals surface area contributed by atoms with Crippen molar-refractivity contribution in [2.45, 2.75) is 38.8 Å². The number of ether oxygens (including phenoxy) is 3. The quantitative estimate of drug-likeness (QED) is 0.316. The van der Waals surface area contributed by atoms with E-state index in [1.807, 2.05) is 72.8 Å². The van der Waals surface area contributed by atoms with Crippen LogP contribution in [0, 0.1) is 0 Å². The summed E-state index contributed by atoms with van der Waals surface area (Å²) in [7, 11) is 0. The van der Waals surface area contributed by atoms with Gasteiger partial charge in [0.2, 0.25) is 11.8 Å². The first kappa shape index (κ1) is 27.1. The van der Waals surface area contributed by atoms with E-state index in [1.165, 1.54) is 0 Å². The summed E-state index contributed by atoms with van der Waals surface area (Å²) in [6.07, 6.45) is 9.21. The molecule has 1 aliphatic heterocycles. The van der Waals surface area contributed by atoms with Crippen molar-refractivity contribution in [3.8, 4) is 28.9 Å². The second-order valence-electron chi connectivity index (χ2n) is 9.70. The van der Waals surface area contributed by atoms with Crippen molar-refractivity contribution in [3.63, 3.8) is 0 Å². The van der Waals surface area contributed by atoms with Crippen molar-refractivity contribution in [2.24, 2.45) is 0 Å². The minimum atomic E-state index is -0.0260. The number of carbonyl (C=O) groups excluding carboxylic acids is 1. The number of nitrogens with one attached hydrogen (secondary N) is 1. The van der Waals surface area contributed by atoms with Crippen LogP contribution in [0.3, 0.4) is 0 Å². The Balaban J connectivity index is 1.21. The minimum absolute atomic E-state index is 0.0260. The van der Waals surface area contributed by atoms with Crippen LogP contribution >= 0.6 is 0 Å². The Kier molecular flexibility index (Phi) is 9.57. The first-order chi connectivity index (χ1) is 19.7. The van der Waals surface area contributed by atoms with E-state index >= 15 is 0 Å². The molecule has 8 heteroatoms. The van der Waals surface area contributed by atoms with Gasteiger partial charge in [-0.05, 0) is 67.4 Å². The molecule has 2 aromatic heterocycles. The Hall–Kier alpha value is -4.43. The van der Waals surface area contributed by atoms with Crippen LogP contribution in [0.25, 0.3) is 0 Å². The van der Waals surface area contributed by atoms with Gasteiger partial charge in [-0.1, -0.05) is 43.2 Å². The standard InChI is InChI=1S/C32H34N4O4/c37-31(35-21-25-13-15-27(16-14-25)39-28-10-8-17-33-22-28)24-36-19-5-1-2-6-20-38-29-11-3-4-12-30(29)40-32-26(23-36)9-7-18-34-32/h3-4,7-18,22H,1-2,5-6,19-21,23-24H2,(H,35,37). The number of carbonyl (C=O) groups is 1. The van der Waals surface area contributed by atoms with Crippen LogP contribution in [0.1, 0.15) is 36.8 Å². The number of pyridine rings is 2. The maximum absolute atomic E-state index is 13.0. The molecule has 0 aliphatic carbocycles. The van der Waals surface area contributed by atoms with Crippen molar-refractivity contribution in [1.82, 2.24) is 20.2 Å². The molecule has 4 aromatic rings. The van der Waals surface area contributed by atoms with Crippen LogP contribution in [0.5, 0.6) is 28.9 Å². The van der Waals surface area contributed by atoms with E-state index in [4.69, 9.17) is 14.2 Å². The van der Waals surface area contributed by atoms with Crippen molar-refractivity contribution in [3.05, 3.63) is 103 Å². The first-order valence-corrected chi connectivity index (χ1v) is 13.7. The number of hydrogen-bond acceptors (Lipinski definition) is 7. The van der Waals surface area contributed by atoms with Crippen LogP contribution in [-0.4, -0.2) is 40.5 Å². The third-order valence-electron chi connectivity index (χ3n) is 6.58. The lowest BCUT2D eigenvalue weighted by Crippen LogP contribution is -2.37. The molecule has 2 aromatic carbocycles. The van der Waals surface area contributed by atoms with Gasteiger partial charge in [-0.2, -0.15) is 0 Å². The summed E-state index contributed by atoms with van der Waals surface area (Å²) in [6.45, 7) is 2.73. The third kappa shape index (κ3) is 8.04. The Bertz CT molecular complexity index is 1360. The van der Waals surface area contributed by atoms with Gasteiger partial charge in [0.1, 0.15) is 11.5 Å². The lowest BCUT2D eigenvalue weighted by molar-refractivity contribution is -0.122. The van der Waals surface area contributed by atoms with Crippen LogP contribution < -0.4 is 19.5 Å². The van der Waals surface area contributed by atoms with Crippen LogP contribution in [-0.2, 0) is 17.9 Å². The van der Waals surface area contributed by atoms with Gasteiger partial charge in [-0.3, -0.25) is 14.7 Å². The molecule has 0 saturated carbocycles. The molecule has 0 unspecified atom stereocenters. The van der Waals surface area contributed by atoms with E-state index < -0.39 is 0 Å². The Morgan fingerprint density at radius 3 is 2.55 bits per heavy atom. The molecule has 1 N–H and O–H groups in total. The lowest BCUT2D eigenvalue weighted by atomic mass is 10.1. The van der Waals surface area contributed by atoms with Crippen LogP contribution in [0.15, 0.2) is 91.4 Å². The summed E-state index contributed by atoms with van der Waals surface area (Å²) in [4.78, 5) is 23.7. The van der Waals surface area contributed by atoms with Gasteiger partial charge in [0, 0.05) is 31.0 Å². The van der Waals surface area contributed by atoms with Gasteiger partial charge < -0.3 is 19.5 Å².